The predicted molar refractivity (Wildman–Crippen MR) is 123 cm³/mol. The number of unbranched alkanes of at least 4 members (excludes halogenated alkanes) is 13. The Morgan fingerprint density at radius 3 is 1.87 bits per heavy atom. The van der Waals surface area contributed by atoms with Crippen LogP contribution >= 0.6 is 0 Å². The van der Waals surface area contributed by atoms with E-state index in [4.69, 9.17) is 14.6 Å². The third-order valence-corrected chi connectivity index (χ3v) is 6.00. The van der Waals surface area contributed by atoms with Gasteiger partial charge in [-0.1, -0.05) is 89.7 Å². The molecule has 1 aliphatic heterocycles. The highest BCUT2D eigenvalue weighted by molar-refractivity contribution is 4.87. The van der Waals surface area contributed by atoms with Gasteiger partial charge in [0.1, 0.15) is 24.4 Å². The summed E-state index contributed by atoms with van der Waals surface area (Å²) in [5.41, 5.74) is 0. The van der Waals surface area contributed by atoms with Crippen LogP contribution in [0.5, 0.6) is 0 Å². The summed E-state index contributed by atoms with van der Waals surface area (Å²) in [6.45, 7) is 2.75. The summed E-state index contributed by atoms with van der Waals surface area (Å²) in [6, 6.07) is 0. The molecule has 0 spiro atoms. The van der Waals surface area contributed by atoms with Crippen molar-refractivity contribution in [2.24, 2.45) is 0 Å². The predicted octanol–water partition coefficient (Wildman–Crippen LogP) is 4.91. The molecule has 0 aliphatic carbocycles. The molecule has 0 aromatic heterocycles. The Labute approximate surface area is 184 Å². The highest BCUT2D eigenvalue weighted by Gasteiger charge is 2.38. The maximum absolute atomic E-state index is 10.0. The van der Waals surface area contributed by atoms with Gasteiger partial charge in [0.2, 0.25) is 0 Å². The highest BCUT2D eigenvalue weighted by atomic mass is 16.6. The van der Waals surface area contributed by atoms with E-state index in [2.05, 4.69) is 19.1 Å². The quantitative estimate of drug-likeness (QED) is 0.201. The number of aliphatic hydroxyl groups excluding tert-OH is 3. The molecule has 0 radical (unpaired) electrons. The molecule has 1 saturated heterocycles. The van der Waals surface area contributed by atoms with Gasteiger partial charge in [0.15, 0.2) is 0 Å². The number of hydrogen-bond donors (Lipinski definition) is 3. The second-order valence-corrected chi connectivity index (χ2v) is 8.74. The van der Waals surface area contributed by atoms with Crippen LogP contribution < -0.4 is 0 Å². The van der Waals surface area contributed by atoms with Crippen LogP contribution in [0, 0.1) is 0 Å². The molecule has 30 heavy (non-hydrogen) atoms. The molecule has 1 rings (SSSR count). The summed E-state index contributed by atoms with van der Waals surface area (Å²) in [6.07, 6.45) is 20.7. The molecule has 1 heterocycles. The lowest BCUT2D eigenvalue weighted by Gasteiger charge is -2.36. The maximum atomic E-state index is 10.0. The first kappa shape index (κ1) is 27.6. The molecule has 5 nitrogen and oxygen atoms in total. The van der Waals surface area contributed by atoms with E-state index in [1.165, 1.54) is 83.5 Å². The molecule has 0 bridgehead atoms. The van der Waals surface area contributed by atoms with Crippen molar-refractivity contribution in [1.82, 2.24) is 0 Å². The molecular formula is C25H48O5. The first-order valence-corrected chi connectivity index (χ1v) is 12.6. The number of aliphatic hydroxyl groups is 3. The zero-order chi connectivity index (χ0) is 21.9. The Bertz CT molecular complexity index is 401. The van der Waals surface area contributed by atoms with E-state index in [9.17, 15) is 10.2 Å². The lowest BCUT2D eigenvalue weighted by molar-refractivity contribution is -0.208. The third-order valence-electron chi connectivity index (χ3n) is 6.00. The van der Waals surface area contributed by atoms with E-state index >= 15 is 0 Å². The van der Waals surface area contributed by atoms with Gasteiger partial charge in [-0.2, -0.15) is 0 Å². The SMILES string of the molecule is CCCC/C=C/CCCCCCCCCCCCCO[C@H]1CO[C@H](CO)[C@@H](O)[C@@H]1O. The molecule has 1 aliphatic rings. The summed E-state index contributed by atoms with van der Waals surface area (Å²) < 4.78 is 11.0. The summed E-state index contributed by atoms with van der Waals surface area (Å²) in [4.78, 5) is 0. The van der Waals surface area contributed by atoms with Gasteiger partial charge in [-0.05, 0) is 25.7 Å². The second kappa shape index (κ2) is 19.2. The summed E-state index contributed by atoms with van der Waals surface area (Å²) in [5.74, 6) is 0. The van der Waals surface area contributed by atoms with Crippen molar-refractivity contribution in [1.29, 1.82) is 0 Å². The minimum atomic E-state index is -1.08. The summed E-state index contributed by atoms with van der Waals surface area (Å²) in [5, 5.41) is 28.9. The van der Waals surface area contributed by atoms with Gasteiger partial charge >= 0.3 is 0 Å². The number of allylic oxidation sites excluding steroid dienone is 2. The lowest BCUT2D eigenvalue weighted by Crippen LogP contribution is -2.55. The monoisotopic (exact) mass is 428 g/mol. The number of hydrogen-bond acceptors (Lipinski definition) is 5. The van der Waals surface area contributed by atoms with Crippen LogP contribution in [0.3, 0.4) is 0 Å². The molecule has 0 unspecified atom stereocenters. The van der Waals surface area contributed by atoms with Crippen molar-refractivity contribution in [2.45, 2.75) is 128 Å². The van der Waals surface area contributed by atoms with E-state index in [1.807, 2.05) is 0 Å². The Hall–Kier alpha value is -0.460. The first-order chi connectivity index (χ1) is 14.7. The van der Waals surface area contributed by atoms with Crippen molar-refractivity contribution in [3.63, 3.8) is 0 Å². The largest absolute Gasteiger partial charge is 0.394 e. The van der Waals surface area contributed by atoms with Crippen LogP contribution in [0.2, 0.25) is 0 Å². The fourth-order valence-corrected chi connectivity index (χ4v) is 3.91. The molecule has 0 aromatic carbocycles. The van der Waals surface area contributed by atoms with Crippen LogP contribution in [-0.4, -0.2) is 59.6 Å². The molecule has 1 fully saturated rings. The Kier molecular flexibility index (Phi) is 17.7. The van der Waals surface area contributed by atoms with Gasteiger partial charge < -0.3 is 24.8 Å². The molecule has 178 valence electrons. The topological polar surface area (TPSA) is 79.2 Å². The molecule has 0 aromatic rings. The van der Waals surface area contributed by atoms with E-state index in [-0.39, 0.29) is 13.2 Å². The van der Waals surface area contributed by atoms with Crippen LogP contribution in [0.25, 0.3) is 0 Å². The van der Waals surface area contributed by atoms with Crippen molar-refractivity contribution in [3.8, 4) is 0 Å². The highest BCUT2D eigenvalue weighted by Crippen LogP contribution is 2.18. The first-order valence-electron chi connectivity index (χ1n) is 12.6. The van der Waals surface area contributed by atoms with Gasteiger partial charge in [-0.3, -0.25) is 0 Å². The van der Waals surface area contributed by atoms with Gasteiger partial charge in [0.25, 0.3) is 0 Å². The number of ether oxygens (including phenoxy) is 2. The normalized spacial score (nSPS) is 24.7. The fraction of sp³-hybridized carbons (Fsp3) is 0.920. The molecule has 0 saturated carbocycles. The zero-order valence-corrected chi connectivity index (χ0v) is 19.4. The standard InChI is InChI=1S/C25H48O5/c1-2-3-4-5-6-7-8-9-10-11-12-13-14-15-16-17-18-19-29-23-21-30-22(20-26)24(27)25(23)28/h5-6,22-28H,2-4,7-21H2,1H3/b6-5+/t22-,23+,24-,25-/m1/s1. The average Bonchev–Trinajstić information content (AvgIpc) is 2.75. The summed E-state index contributed by atoms with van der Waals surface area (Å²) >= 11 is 0. The third kappa shape index (κ3) is 13.1. The summed E-state index contributed by atoms with van der Waals surface area (Å²) in [7, 11) is 0. The van der Waals surface area contributed by atoms with Gasteiger partial charge in [0, 0.05) is 6.61 Å². The minimum Gasteiger partial charge on any atom is -0.394 e. The minimum absolute atomic E-state index is 0.221. The van der Waals surface area contributed by atoms with Crippen molar-refractivity contribution < 1.29 is 24.8 Å². The fourth-order valence-electron chi connectivity index (χ4n) is 3.91. The Morgan fingerprint density at radius 1 is 0.767 bits per heavy atom. The van der Waals surface area contributed by atoms with Crippen molar-refractivity contribution in [2.75, 3.05) is 19.8 Å². The van der Waals surface area contributed by atoms with E-state index in [1.54, 1.807) is 0 Å². The Balaban J connectivity index is 1.80. The van der Waals surface area contributed by atoms with Gasteiger partial charge in [-0.25, -0.2) is 0 Å². The molecule has 4 atom stereocenters. The van der Waals surface area contributed by atoms with Crippen molar-refractivity contribution in [3.05, 3.63) is 12.2 Å². The lowest BCUT2D eigenvalue weighted by atomic mass is 10.0. The molecule has 5 heteroatoms. The van der Waals surface area contributed by atoms with Gasteiger partial charge in [0.05, 0.1) is 13.2 Å². The van der Waals surface area contributed by atoms with E-state index in [0.29, 0.717) is 6.61 Å². The zero-order valence-electron chi connectivity index (χ0n) is 19.4. The van der Waals surface area contributed by atoms with Crippen LogP contribution in [-0.2, 0) is 9.47 Å². The Morgan fingerprint density at radius 2 is 1.30 bits per heavy atom. The van der Waals surface area contributed by atoms with E-state index < -0.39 is 24.4 Å². The van der Waals surface area contributed by atoms with Gasteiger partial charge in [-0.15, -0.1) is 0 Å². The molecular weight excluding hydrogens is 380 g/mol. The van der Waals surface area contributed by atoms with Crippen LogP contribution in [0.15, 0.2) is 12.2 Å². The van der Waals surface area contributed by atoms with Crippen LogP contribution in [0.1, 0.15) is 103 Å². The number of rotatable bonds is 19. The van der Waals surface area contributed by atoms with Crippen molar-refractivity contribution >= 4 is 0 Å². The average molecular weight is 429 g/mol. The van der Waals surface area contributed by atoms with E-state index in [0.717, 1.165) is 12.8 Å². The molecule has 3 N–H and O–H groups in total. The van der Waals surface area contributed by atoms with Crippen LogP contribution in [0.4, 0.5) is 0 Å². The second-order valence-electron chi connectivity index (χ2n) is 8.74. The molecule has 0 amide bonds. The smallest absolute Gasteiger partial charge is 0.111 e. The maximum Gasteiger partial charge on any atom is 0.111 e.